The number of halogens is 2. The molecule has 1 nitrogen and oxygen atoms in total. The minimum absolute atomic E-state index is 0.116. The van der Waals surface area contributed by atoms with Gasteiger partial charge < -0.3 is 5.32 Å². The van der Waals surface area contributed by atoms with E-state index in [0.717, 1.165) is 23.0 Å². The summed E-state index contributed by atoms with van der Waals surface area (Å²) < 4.78 is 14.0. The van der Waals surface area contributed by atoms with E-state index >= 15 is 0 Å². The van der Waals surface area contributed by atoms with Crippen LogP contribution in [0.1, 0.15) is 35.2 Å². The monoisotopic (exact) mass is 341 g/mol. The maximum Gasteiger partial charge on any atom is 0.124 e. The average molecular weight is 342 g/mol. The fourth-order valence-electron chi connectivity index (χ4n) is 2.04. The summed E-state index contributed by atoms with van der Waals surface area (Å²) in [5.41, 5.74) is 1.08. The first-order chi connectivity index (χ1) is 9.15. The summed E-state index contributed by atoms with van der Waals surface area (Å²) in [5.74, 6) is -0.216. The maximum atomic E-state index is 13.2. The second-order valence-corrected chi connectivity index (χ2v) is 6.37. The Morgan fingerprint density at radius 2 is 2.05 bits per heavy atom. The molecule has 0 spiro atoms. The minimum Gasteiger partial charge on any atom is -0.306 e. The van der Waals surface area contributed by atoms with E-state index < -0.39 is 0 Å². The van der Waals surface area contributed by atoms with Crippen LogP contribution in [0.25, 0.3) is 0 Å². The van der Waals surface area contributed by atoms with Crippen LogP contribution in [0.4, 0.5) is 4.39 Å². The molecule has 2 aromatic rings. The molecule has 0 saturated carbocycles. The second kappa shape index (κ2) is 6.64. The Morgan fingerprint density at radius 1 is 1.26 bits per heavy atom. The molecule has 1 heterocycles. The van der Waals surface area contributed by atoms with Gasteiger partial charge in [-0.2, -0.15) is 0 Å². The van der Waals surface area contributed by atoms with Gasteiger partial charge in [-0.15, -0.1) is 11.3 Å². The van der Waals surface area contributed by atoms with Gasteiger partial charge in [0.25, 0.3) is 0 Å². The summed E-state index contributed by atoms with van der Waals surface area (Å²) in [6.07, 6.45) is 1.05. The lowest BCUT2D eigenvalue weighted by Crippen LogP contribution is -2.21. The van der Waals surface area contributed by atoms with Crippen molar-refractivity contribution in [2.45, 2.75) is 26.3 Å². The molecule has 0 aliphatic heterocycles. The first kappa shape index (κ1) is 14.7. The van der Waals surface area contributed by atoms with Gasteiger partial charge >= 0.3 is 0 Å². The van der Waals surface area contributed by atoms with Crippen molar-refractivity contribution in [2.75, 3.05) is 6.54 Å². The van der Waals surface area contributed by atoms with Crippen LogP contribution in [0.3, 0.4) is 0 Å². The van der Waals surface area contributed by atoms with Crippen molar-refractivity contribution >= 4 is 27.3 Å². The second-order valence-electron chi connectivity index (χ2n) is 4.31. The average Bonchev–Trinajstić information content (AvgIpc) is 2.85. The lowest BCUT2D eigenvalue weighted by atomic mass is 10.1. The maximum absolute atomic E-state index is 13.2. The van der Waals surface area contributed by atoms with Gasteiger partial charge in [-0.05, 0) is 42.8 Å². The molecule has 0 fully saturated rings. The highest BCUT2D eigenvalue weighted by atomic mass is 79.9. The Balaban J connectivity index is 2.38. The third kappa shape index (κ3) is 3.44. The summed E-state index contributed by atoms with van der Waals surface area (Å²) in [4.78, 5) is 2.64. The van der Waals surface area contributed by atoms with Crippen molar-refractivity contribution in [2.24, 2.45) is 0 Å². The zero-order valence-corrected chi connectivity index (χ0v) is 13.4. The zero-order chi connectivity index (χ0) is 13.8. The highest BCUT2D eigenvalue weighted by Crippen LogP contribution is 2.33. The Morgan fingerprint density at radius 3 is 2.63 bits per heavy atom. The normalized spacial score (nSPS) is 12.6. The first-order valence-corrected chi connectivity index (χ1v) is 8.03. The number of aryl methyl sites for hydroxylation is 1. The van der Waals surface area contributed by atoms with Crippen LogP contribution in [-0.4, -0.2) is 6.54 Å². The van der Waals surface area contributed by atoms with Gasteiger partial charge in [-0.25, -0.2) is 4.39 Å². The molecule has 0 aliphatic carbocycles. The highest BCUT2D eigenvalue weighted by molar-refractivity contribution is 9.10. The van der Waals surface area contributed by atoms with Crippen LogP contribution in [0.2, 0.25) is 0 Å². The molecular weight excluding hydrogens is 325 g/mol. The molecule has 1 aromatic heterocycles. The van der Waals surface area contributed by atoms with Gasteiger partial charge in [0.2, 0.25) is 0 Å². The highest BCUT2D eigenvalue weighted by Gasteiger charge is 2.18. The number of nitrogens with one attached hydrogen (secondary N) is 1. The standard InChI is InChI=1S/C15H17BrFNS/c1-3-11-6-8-14(19-11)15(18-4-2)12-7-5-10(17)9-13(12)16/h5-9,15,18H,3-4H2,1-2H3. The van der Waals surface area contributed by atoms with E-state index in [9.17, 15) is 4.39 Å². The van der Waals surface area contributed by atoms with Crippen molar-refractivity contribution in [3.63, 3.8) is 0 Å². The molecule has 19 heavy (non-hydrogen) atoms. The van der Waals surface area contributed by atoms with Crippen LogP contribution in [0, 0.1) is 5.82 Å². The summed E-state index contributed by atoms with van der Waals surface area (Å²) >= 11 is 5.28. The van der Waals surface area contributed by atoms with E-state index in [1.165, 1.54) is 21.9 Å². The van der Waals surface area contributed by atoms with E-state index in [1.54, 1.807) is 0 Å². The molecule has 0 radical (unpaired) electrons. The topological polar surface area (TPSA) is 12.0 Å². The van der Waals surface area contributed by atoms with Gasteiger partial charge in [-0.3, -0.25) is 0 Å². The number of rotatable bonds is 5. The third-order valence-corrected chi connectivity index (χ3v) is 4.98. The Labute approximate surface area is 126 Å². The minimum atomic E-state index is -0.216. The summed E-state index contributed by atoms with van der Waals surface area (Å²) in [5, 5.41) is 3.47. The van der Waals surface area contributed by atoms with Crippen molar-refractivity contribution in [3.8, 4) is 0 Å². The van der Waals surface area contributed by atoms with E-state index in [2.05, 4.69) is 47.2 Å². The smallest absolute Gasteiger partial charge is 0.124 e. The molecule has 1 atom stereocenters. The SMILES string of the molecule is CCNC(c1ccc(CC)s1)c1ccc(F)cc1Br. The number of hydrogen-bond acceptors (Lipinski definition) is 2. The van der Waals surface area contributed by atoms with Crippen molar-refractivity contribution in [3.05, 3.63) is 55.9 Å². The molecule has 0 saturated heterocycles. The summed E-state index contributed by atoms with van der Waals surface area (Å²) in [7, 11) is 0. The van der Waals surface area contributed by atoms with Crippen molar-refractivity contribution < 1.29 is 4.39 Å². The summed E-state index contributed by atoms with van der Waals surface area (Å²) in [6, 6.07) is 9.32. The van der Waals surface area contributed by atoms with E-state index in [1.807, 2.05) is 17.4 Å². The fourth-order valence-corrected chi connectivity index (χ4v) is 3.67. The fraction of sp³-hybridized carbons (Fsp3) is 0.333. The van der Waals surface area contributed by atoms with Gasteiger partial charge in [0.15, 0.2) is 0 Å². The third-order valence-electron chi connectivity index (χ3n) is 3.00. The van der Waals surface area contributed by atoms with Crippen LogP contribution in [0.5, 0.6) is 0 Å². The van der Waals surface area contributed by atoms with Gasteiger partial charge in [0, 0.05) is 14.2 Å². The van der Waals surface area contributed by atoms with Crippen LogP contribution >= 0.6 is 27.3 Å². The lowest BCUT2D eigenvalue weighted by molar-refractivity contribution is 0.614. The number of benzene rings is 1. The van der Waals surface area contributed by atoms with Crippen molar-refractivity contribution in [1.82, 2.24) is 5.32 Å². The quantitative estimate of drug-likeness (QED) is 0.814. The molecule has 0 bridgehead atoms. The molecule has 102 valence electrons. The Kier molecular flexibility index (Phi) is 5.13. The zero-order valence-electron chi connectivity index (χ0n) is 11.0. The van der Waals surface area contributed by atoms with Gasteiger partial charge in [-0.1, -0.05) is 35.8 Å². The molecule has 1 aromatic carbocycles. The predicted molar refractivity (Wildman–Crippen MR) is 83.3 cm³/mol. The van der Waals surface area contributed by atoms with Crippen LogP contribution in [0.15, 0.2) is 34.8 Å². The van der Waals surface area contributed by atoms with Gasteiger partial charge in [0.1, 0.15) is 5.82 Å². The Bertz CT molecular complexity index is 553. The number of thiophene rings is 1. The van der Waals surface area contributed by atoms with Crippen LogP contribution in [-0.2, 0) is 6.42 Å². The molecular formula is C15H17BrFNS. The first-order valence-electron chi connectivity index (χ1n) is 6.42. The largest absolute Gasteiger partial charge is 0.306 e. The predicted octanol–water partition coefficient (Wildman–Crippen LogP) is 4.91. The molecule has 1 unspecified atom stereocenters. The number of hydrogen-bond donors (Lipinski definition) is 1. The van der Waals surface area contributed by atoms with E-state index in [-0.39, 0.29) is 11.9 Å². The van der Waals surface area contributed by atoms with Crippen molar-refractivity contribution in [1.29, 1.82) is 0 Å². The van der Waals surface area contributed by atoms with E-state index in [4.69, 9.17) is 0 Å². The molecule has 1 N–H and O–H groups in total. The molecule has 0 amide bonds. The lowest BCUT2D eigenvalue weighted by Gasteiger charge is -2.18. The molecule has 0 aliphatic rings. The molecule has 4 heteroatoms. The van der Waals surface area contributed by atoms with E-state index in [0.29, 0.717) is 0 Å². The Hall–Kier alpha value is -0.710. The van der Waals surface area contributed by atoms with Gasteiger partial charge in [0.05, 0.1) is 6.04 Å². The van der Waals surface area contributed by atoms with Crippen LogP contribution < -0.4 is 5.32 Å². The molecule has 2 rings (SSSR count). The summed E-state index contributed by atoms with van der Waals surface area (Å²) in [6.45, 7) is 5.11.